The Hall–Kier alpha value is -1.55. The zero-order chi connectivity index (χ0) is 13.7. The first-order valence-corrected chi connectivity index (χ1v) is 7.05. The summed E-state index contributed by atoms with van der Waals surface area (Å²) in [7, 11) is 0. The fourth-order valence-electron chi connectivity index (χ4n) is 1.84. The molecule has 1 heterocycles. The molecule has 0 unspecified atom stereocenters. The lowest BCUT2D eigenvalue weighted by atomic mass is 10.2. The van der Waals surface area contributed by atoms with E-state index in [1.165, 1.54) is 5.56 Å². The van der Waals surface area contributed by atoms with Gasteiger partial charge in [0.1, 0.15) is 5.75 Å². The van der Waals surface area contributed by atoms with Crippen molar-refractivity contribution in [2.24, 2.45) is 0 Å². The number of aromatic nitrogens is 1. The monoisotopic (exact) mass is 320 g/mol. The zero-order valence-corrected chi connectivity index (χ0v) is 12.7. The van der Waals surface area contributed by atoms with Crippen molar-refractivity contribution in [3.63, 3.8) is 0 Å². The van der Waals surface area contributed by atoms with Gasteiger partial charge in [0.05, 0.1) is 6.61 Å². The van der Waals surface area contributed by atoms with Crippen molar-refractivity contribution in [3.05, 3.63) is 52.3 Å². The van der Waals surface area contributed by atoms with E-state index < -0.39 is 0 Å². The Labute approximate surface area is 122 Å². The largest absolute Gasteiger partial charge is 0.494 e. The maximum atomic E-state index is 5.48. The number of halogens is 1. The highest BCUT2D eigenvalue weighted by molar-refractivity contribution is 9.10. The van der Waals surface area contributed by atoms with E-state index in [-0.39, 0.29) is 0 Å². The lowest BCUT2D eigenvalue weighted by Crippen LogP contribution is -2.02. The van der Waals surface area contributed by atoms with E-state index in [1.807, 2.05) is 31.3 Å². The molecule has 0 saturated carbocycles. The van der Waals surface area contributed by atoms with Crippen molar-refractivity contribution in [2.45, 2.75) is 20.4 Å². The maximum Gasteiger partial charge on any atom is 0.119 e. The summed E-state index contributed by atoms with van der Waals surface area (Å²) in [5.41, 5.74) is 3.43. The van der Waals surface area contributed by atoms with Crippen molar-refractivity contribution < 1.29 is 4.74 Å². The molecule has 19 heavy (non-hydrogen) atoms. The summed E-state index contributed by atoms with van der Waals surface area (Å²) in [5, 5.41) is 3.41. The highest BCUT2D eigenvalue weighted by Crippen LogP contribution is 2.22. The molecule has 0 bridgehead atoms. The van der Waals surface area contributed by atoms with Crippen LogP contribution in [0.25, 0.3) is 0 Å². The lowest BCUT2D eigenvalue weighted by Gasteiger charge is -2.11. The van der Waals surface area contributed by atoms with Gasteiger partial charge in [-0.1, -0.05) is 0 Å². The third kappa shape index (κ3) is 3.96. The Balaban J connectivity index is 2.03. The molecule has 1 N–H and O–H groups in total. The third-order valence-electron chi connectivity index (χ3n) is 2.75. The number of anilines is 1. The number of aryl methyl sites for hydroxylation is 1. The molecule has 0 aliphatic rings. The van der Waals surface area contributed by atoms with Gasteiger partial charge in [0.25, 0.3) is 0 Å². The Morgan fingerprint density at radius 1 is 1.26 bits per heavy atom. The zero-order valence-electron chi connectivity index (χ0n) is 11.1. The van der Waals surface area contributed by atoms with E-state index >= 15 is 0 Å². The fraction of sp³-hybridized carbons (Fsp3) is 0.267. The van der Waals surface area contributed by atoms with E-state index in [4.69, 9.17) is 4.74 Å². The average Bonchev–Trinajstić information content (AvgIpc) is 2.38. The van der Waals surface area contributed by atoms with Gasteiger partial charge in [0, 0.05) is 29.1 Å². The molecule has 0 aliphatic carbocycles. The van der Waals surface area contributed by atoms with Gasteiger partial charge >= 0.3 is 0 Å². The van der Waals surface area contributed by atoms with Crippen molar-refractivity contribution in [3.8, 4) is 5.75 Å². The first-order chi connectivity index (χ1) is 9.19. The highest BCUT2D eigenvalue weighted by Gasteiger charge is 2.01. The summed E-state index contributed by atoms with van der Waals surface area (Å²) >= 11 is 3.42. The SMILES string of the molecule is CCOc1ccc(NCc2cncc(Br)c2)c(C)c1. The van der Waals surface area contributed by atoms with Crippen LogP contribution in [0.2, 0.25) is 0 Å². The molecule has 3 nitrogen and oxygen atoms in total. The number of ether oxygens (including phenoxy) is 1. The van der Waals surface area contributed by atoms with Gasteiger partial charge in [0.15, 0.2) is 0 Å². The van der Waals surface area contributed by atoms with Crippen LogP contribution in [0.5, 0.6) is 5.75 Å². The minimum Gasteiger partial charge on any atom is -0.494 e. The summed E-state index contributed by atoms with van der Waals surface area (Å²) < 4.78 is 6.47. The maximum absolute atomic E-state index is 5.48. The third-order valence-corrected chi connectivity index (χ3v) is 3.19. The minimum absolute atomic E-state index is 0.690. The minimum atomic E-state index is 0.690. The molecule has 2 rings (SSSR count). The Morgan fingerprint density at radius 3 is 2.79 bits per heavy atom. The van der Waals surface area contributed by atoms with Gasteiger partial charge in [-0.25, -0.2) is 0 Å². The second-order valence-electron chi connectivity index (χ2n) is 4.27. The Morgan fingerprint density at radius 2 is 2.11 bits per heavy atom. The summed E-state index contributed by atoms with van der Waals surface area (Å²) in [4.78, 5) is 4.15. The Kier molecular flexibility index (Phi) is 4.80. The van der Waals surface area contributed by atoms with Crippen LogP contribution in [-0.2, 0) is 6.54 Å². The van der Waals surface area contributed by atoms with Crippen LogP contribution in [0, 0.1) is 6.92 Å². The number of pyridine rings is 1. The van der Waals surface area contributed by atoms with Crippen molar-refractivity contribution in [1.29, 1.82) is 0 Å². The molecule has 100 valence electrons. The molecule has 0 fully saturated rings. The van der Waals surface area contributed by atoms with Crippen LogP contribution in [-0.4, -0.2) is 11.6 Å². The van der Waals surface area contributed by atoms with Gasteiger partial charge < -0.3 is 10.1 Å². The number of nitrogens with zero attached hydrogens (tertiary/aromatic N) is 1. The fourth-order valence-corrected chi connectivity index (χ4v) is 2.25. The number of rotatable bonds is 5. The second kappa shape index (κ2) is 6.57. The molecule has 0 aliphatic heterocycles. The molecular weight excluding hydrogens is 304 g/mol. The van der Waals surface area contributed by atoms with Crippen LogP contribution in [0.15, 0.2) is 41.1 Å². The molecule has 1 aromatic carbocycles. The molecule has 4 heteroatoms. The summed E-state index contributed by atoms with van der Waals surface area (Å²) in [5.74, 6) is 0.912. The standard InChI is InChI=1S/C15H17BrN2O/c1-3-19-14-4-5-15(11(2)6-14)18-9-12-7-13(16)10-17-8-12/h4-8,10,18H,3,9H2,1-2H3. The Bertz CT molecular complexity index is 558. The highest BCUT2D eigenvalue weighted by atomic mass is 79.9. The van der Waals surface area contributed by atoms with E-state index in [0.717, 1.165) is 28.0 Å². The van der Waals surface area contributed by atoms with Crippen molar-refractivity contribution in [2.75, 3.05) is 11.9 Å². The topological polar surface area (TPSA) is 34.1 Å². The molecule has 0 atom stereocenters. The predicted octanol–water partition coefficient (Wildman–Crippen LogP) is 4.16. The predicted molar refractivity (Wildman–Crippen MR) is 81.6 cm³/mol. The van der Waals surface area contributed by atoms with E-state index in [2.05, 4.69) is 39.2 Å². The number of hydrogen-bond donors (Lipinski definition) is 1. The average molecular weight is 321 g/mol. The second-order valence-corrected chi connectivity index (χ2v) is 5.19. The first kappa shape index (κ1) is 13.9. The summed E-state index contributed by atoms with van der Waals surface area (Å²) in [6.07, 6.45) is 3.65. The van der Waals surface area contributed by atoms with Crippen molar-refractivity contribution >= 4 is 21.6 Å². The van der Waals surface area contributed by atoms with Gasteiger partial charge in [-0.2, -0.15) is 0 Å². The van der Waals surface area contributed by atoms with E-state index in [9.17, 15) is 0 Å². The molecule has 0 amide bonds. The van der Waals surface area contributed by atoms with E-state index in [0.29, 0.717) is 6.61 Å². The summed E-state index contributed by atoms with van der Waals surface area (Å²) in [6.45, 7) is 5.50. The lowest BCUT2D eigenvalue weighted by molar-refractivity contribution is 0.340. The first-order valence-electron chi connectivity index (χ1n) is 6.26. The van der Waals surface area contributed by atoms with Crippen molar-refractivity contribution in [1.82, 2.24) is 4.98 Å². The molecule has 0 spiro atoms. The van der Waals surface area contributed by atoms with Gasteiger partial charge in [-0.3, -0.25) is 4.98 Å². The van der Waals surface area contributed by atoms with Gasteiger partial charge in [-0.05, 0) is 65.2 Å². The number of benzene rings is 1. The molecule has 0 radical (unpaired) electrons. The number of hydrogen-bond acceptors (Lipinski definition) is 3. The molecule has 0 saturated heterocycles. The molecule has 1 aromatic heterocycles. The summed E-state index contributed by atoms with van der Waals surface area (Å²) in [6, 6.07) is 8.14. The number of nitrogens with one attached hydrogen (secondary N) is 1. The van der Waals surface area contributed by atoms with Gasteiger partial charge in [0.2, 0.25) is 0 Å². The van der Waals surface area contributed by atoms with Crippen LogP contribution in [0.3, 0.4) is 0 Å². The van der Waals surface area contributed by atoms with Crippen LogP contribution < -0.4 is 10.1 Å². The molecule has 2 aromatic rings. The van der Waals surface area contributed by atoms with E-state index in [1.54, 1.807) is 6.20 Å². The quantitative estimate of drug-likeness (QED) is 0.898. The molecular formula is C15H17BrN2O. The smallest absolute Gasteiger partial charge is 0.119 e. The van der Waals surface area contributed by atoms with Crippen LogP contribution >= 0.6 is 15.9 Å². The van der Waals surface area contributed by atoms with Crippen LogP contribution in [0.1, 0.15) is 18.1 Å². The van der Waals surface area contributed by atoms with Gasteiger partial charge in [-0.15, -0.1) is 0 Å². The van der Waals surface area contributed by atoms with Crippen LogP contribution in [0.4, 0.5) is 5.69 Å². The normalized spacial score (nSPS) is 10.3.